The van der Waals surface area contributed by atoms with Crippen molar-refractivity contribution in [2.75, 3.05) is 11.9 Å². The SMILES string of the molecule is CC1CC(C)N(C(C)C(=O)Nc2ccc(C#N)cc2)C1. The second-order valence-electron chi connectivity index (χ2n) is 5.74. The number of nitrogens with one attached hydrogen (secondary N) is 1. The largest absolute Gasteiger partial charge is 0.325 e. The van der Waals surface area contributed by atoms with Crippen LogP contribution in [0, 0.1) is 17.2 Å². The van der Waals surface area contributed by atoms with Gasteiger partial charge in [-0.3, -0.25) is 9.69 Å². The third-order valence-corrected chi connectivity index (χ3v) is 3.99. The van der Waals surface area contributed by atoms with Crippen LogP contribution in [-0.2, 0) is 4.79 Å². The highest BCUT2D eigenvalue weighted by Crippen LogP contribution is 2.25. The maximum Gasteiger partial charge on any atom is 0.241 e. The minimum atomic E-state index is -0.134. The van der Waals surface area contributed by atoms with Crippen LogP contribution in [0.25, 0.3) is 0 Å². The van der Waals surface area contributed by atoms with Gasteiger partial charge in [0.1, 0.15) is 0 Å². The van der Waals surface area contributed by atoms with E-state index >= 15 is 0 Å². The average Bonchev–Trinajstić information content (AvgIpc) is 2.77. The quantitative estimate of drug-likeness (QED) is 0.919. The molecule has 0 bridgehead atoms. The van der Waals surface area contributed by atoms with Gasteiger partial charge in [-0.15, -0.1) is 0 Å². The van der Waals surface area contributed by atoms with Crippen LogP contribution < -0.4 is 5.32 Å². The molecular weight excluding hydrogens is 250 g/mol. The highest BCUT2D eigenvalue weighted by atomic mass is 16.2. The second-order valence-corrected chi connectivity index (χ2v) is 5.74. The van der Waals surface area contributed by atoms with Gasteiger partial charge >= 0.3 is 0 Å². The predicted molar refractivity (Wildman–Crippen MR) is 79.2 cm³/mol. The van der Waals surface area contributed by atoms with Crippen LogP contribution in [0.15, 0.2) is 24.3 Å². The normalized spacial score (nSPS) is 24.1. The van der Waals surface area contributed by atoms with Gasteiger partial charge in [-0.2, -0.15) is 5.26 Å². The van der Waals surface area contributed by atoms with Crippen LogP contribution in [0.5, 0.6) is 0 Å². The van der Waals surface area contributed by atoms with E-state index in [1.165, 1.54) is 0 Å². The number of hydrogen-bond acceptors (Lipinski definition) is 3. The Labute approximate surface area is 120 Å². The first-order valence-corrected chi connectivity index (χ1v) is 7.08. The molecule has 1 aliphatic rings. The molecule has 106 valence electrons. The smallest absolute Gasteiger partial charge is 0.241 e. The third kappa shape index (κ3) is 3.17. The zero-order valence-corrected chi connectivity index (χ0v) is 12.3. The number of hydrogen-bond donors (Lipinski definition) is 1. The first-order chi connectivity index (χ1) is 9.51. The Hall–Kier alpha value is -1.86. The Bertz CT molecular complexity index is 518. The van der Waals surface area contributed by atoms with Gasteiger partial charge in [0.2, 0.25) is 5.91 Å². The second kappa shape index (κ2) is 6.06. The van der Waals surface area contributed by atoms with E-state index in [2.05, 4.69) is 30.1 Å². The molecule has 4 heteroatoms. The lowest BCUT2D eigenvalue weighted by Gasteiger charge is -2.27. The summed E-state index contributed by atoms with van der Waals surface area (Å²) in [6.45, 7) is 7.33. The van der Waals surface area contributed by atoms with E-state index in [-0.39, 0.29) is 11.9 Å². The van der Waals surface area contributed by atoms with Gasteiger partial charge < -0.3 is 5.32 Å². The van der Waals surface area contributed by atoms with Crippen LogP contribution in [0.1, 0.15) is 32.8 Å². The standard InChI is InChI=1S/C16H21N3O/c1-11-8-12(2)19(10-11)13(3)16(20)18-15-6-4-14(9-17)5-7-15/h4-7,11-13H,8,10H2,1-3H3,(H,18,20). The number of likely N-dealkylation sites (tertiary alicyclic amines) is 1. The Morgan fingerprint density at radius 1 is 1.40 bits per heavy atom. The minimum absolute atomic E-state index is 0.00987. The highest BCUT2D eigenvalue weighted by molar-refractivity contribution is 5.94. The molecule has 1 fully saturated rings. The van der Waals surface area contributed by atoms with Gasteiger partial charge in [0.15, 0.2) is 0 Å². The molecule has 1 amide bonds. The molecule has 4 nitrogen and oxygen atoms in total. The van der Waals surface area contributed by atoms with Crippen molar-refractivity contribution in [3.63, 3.8) is 0 Å². The van der Waals surface area contributed by atoms with E-state index in [0.717, 1.165) is 18.7 Å². The van der Waals surface area contributed by atoms with E-state index in [0.29, 0.717) is 17.5 Å². The number of nitrogens with zero attached hydrogens (tertiary/aromatic N) is 2. The van der Waals surface area contributed by atoms with Gasteiger partial charge in [-0.05, 0) is 50.5 Å². The van der Waals surface area contributed by atoms with Crippen molar-refractivity contribution in [1.82, 2.24) is 4.90 Å². The number of carbonyl (C=O) groups is 1. The summed E-state index contributed by atoms with van der Waals surface area (Å²) in [5, 5.41) is 11.7. The van der Waals surface area contributed by atoms with Crippen molar-refractivity contribution in [3.8, 4) is 6.07 Å². The molecule has 2 rings (SSSR count). The molecule has 1 heterocycles. The van der Waals surface area contributed by atoms with Crippen molar-refractivity contribution in [1.29, 1.82) is 5.26 Å². The van der Waals surface area contributed by atoms with E-state index in [1.807, 2.05) is 6.92 Å². The molecule has 0 radical (unpaired) electrons. The average molecular weight is 271 g/mol. The fraction of sp³-hybridized carbons (Fsp3) is 0.500. The summed E-state index contributed by atoms with van der Waals surface area (Å²) in [5.74, 6) is 0.658. The van der Waals surface area contributed by atoms with Crippen LogP contribution in [0.2, 0.25) is 0 Å². The van der Waals surface area contributed by atoms with E-state index in [4.69, 9.17) is 5.26 Å². The van der Waals surface area contributed by atoms with Crippen molar-refractivity contribution >= 4 is 11.6 Å². The summed E-state index contributed by atoms with van der Waals surface area (Å²) in [7, 11) is 0. The van der Waals surface area contributed by atoms with Crippen molar-refractivity contribution in [2.45, 2.75) is 39.3 Å². The zero-order chi connectivity index (χ0) is 14.7. The van der Waals surface area contributed by atoms with E-state index in [1.54, 1.807) is 24.3 Å². The Kier molecular flexibility index (Phi) is 4.41. The molecule has 0 saturated carbocycles. The number of rotatable bonds is 3. The molecule has 1 saturated heterocycles. The Morgan fingerprint density at radius 2 is 2.05 bits per heavy atom. The zero-order valence-electron chi connectivity index (χ0n) is 12.3. The fourth-order valence-corrected chi connectivity index (χ4v) is 2.90. The summed E-state index contributed by atoms with van der Waals surface area (Å²) in [4.78, 5) is 14.5. The third-order valence-electron chi connectivity index (χ3n) is 3.99. The fourth-order valence-electron chi connectivity index (χ4n) is 2.90. The lowest BCUT2D eigenvalue weighted by atomic mass is 10.1. The first-order valence-electron chi connectivity index (χ1n) is 7.08. The maximum atomic E-state index is 12.3. The topological polar surface area (TPSA) is 56.1 Å². The van der Waals surface area contributed by atoms with Crippen LogP contribution in [0.3, 0.4) is 0 Å². The van der Waals surface area contributed by atoms with Gasteiger partial charge in [-0.25, -0.2) is 0 Å². The summed E-state index contributed by atoms with van der Waals surface area (Å²) in [6.07, 6.45) is 1.15. The molecule has 0 spiro atoms. The Balaban J connectivity index is 1.98. The summed E-state index contributed by atoms with van der Waals surface area (Å²) < 4.78 is 0. The summed E-state index contributed by atoms with van der Waals surface area (Å²) >= 11 is 0. The first kappa shape index (κ1) is 14.5. The molecule has 3 unspecified atom stereocenters. The van der Waals surface area contributed by atoms with E-state index in [9.17, 15) is 4.79 Å². The molecular formula is C16H21N3O. The van der Waals surface area contributed by atoms with Gasteiger partial charge in [-0.1, -0.05) is 6.92 Å². The maximum absolute atomic E-state index is 12.3. The lowest BCUT2D eigenvalue weighted by molar-refractivity contribution is -0.121. The van der Waals surface area contributed by atoms with Crippen molar-refractivity contribution in [2.24, 2.45) is 5.92 Å². The van der Waals surface area contributed by atoms with Crippen molar-refractivity contribution < 1.29 is 4.79 Å². The molecule has 1 N–H and O–H groups in total. The summed E-state index contributed by atoms with van der Waals surface area (Å²) in [5.41, 5.74) is 1.33. The predicted octanol–water partition coefficient (Wildman–Crippen LogP) is 2.62. The molecule has 0 aromatic heterocycles. The number of benzene rings is 1. The molecule has 1 aliphatic heterocycles. The van der Waals surface area contributed by atoms with Crippen LogP contribution in [-0.4, -0.2) is 29.4 Å². The monoisotopic (exact) mass is 271 g/mol. The molecule has 3 atom stereocenters. The molecule has 1 aromatic rings. The number of carbonyl (C=O) groups excluding carboxylic acids is 1. The van der Waals surface area contributed by atoms with Gasteiger partial charge in [0.05, 0.1) is 17.7 Å². The van der Waals surface area contributed by atoms with Crippen LogP contribution >= 0.6 is 0 Å². The van der Waals surface area contributed by atoms with Gasteiger partial charge in [0.25, 0.3) is 0 Å². The Morgan fingerprint density at radius 3 is 2.55 bits per heavy atom. The summed E-state index contributed by atoms with van der Waals surface area (Å²) in [6, 6.07) is 9.33. The van der Waals surface area contributed by atoms with Crippen molar-refractivity contribution in [3.05, 3.63) is 29.8 Å². The molecule has 1 aromatic carbocycles. The molecule has 20 heavy (non-hydrogen) atoms. The minimum Gasteiger partial charge on any atom is -0.325 e. The van der Waals surface area contributed by atoms with E-state index < -0.39 is 0 Å². The number of amides is 1. The molecule has 0 aliphatic carbocycles. The lowest BCUT2D eigenvalue weighted by Crippen LogP contribution is -2.43. The number of anilines is 1. The van der Waals surface area contributed by atoms with Crippen LogP contribution in [0.4, 0.5) is 5.69 Å². The highest BCUT2D eigenvalue weighted by Gasteiger charge is 2.32. The number of nitriles is 1. The van der Waals surface area contributed by atoms with Gasteiger partial charge in [0, 0.05) is 18.3 Å².